The number of sulfonamides is 1. The quantitative estimate of drug-likeness (QED) is 0.832. The second-order valence-corrected chi connectivity index (χ2v) is 5.95. The summed E-state index contributed by atoms with van der Waals surface area (Å²) in [5.41, 5.74) is 6.62. The zero-order valence-corrected chi connectivity index (χ0v) is 10.7. The smallest absolute Gasteiger partial charge is 0.265 e. The van der Waals surface area contributed by atoms with Crippen LogP contribution in [0.3, 0.4) is 0 Å². The maximum Gasteiger partial charge on any atom is 0.265 e. The molecule has 5 nitrogen and oxygen atoms in total. The molecule has 2 rings (SSSR count). The van der Waals surface area contributed by atoms with Gasteiger partial charge in [0.05, 0.1) is 11.4 Å². The van der Waals surface area contributed by atoms with Crippen molar-refractivity contribution in [3.05, 3.63) is 35.3 Å². The van der Waals surface area contributed by atoms with E-state index in [-0.39, 0.29) is 10.6 Å². The van der Waals surface area contributed by atoms with Crippen LogP contribution >= 0.6 is 11.3 Å². The van der Waals surface area contributed by atoms with Crippen LogP contribution < -0.4 is 10.5 Å². The molecule has 1 aromatic heterocycles. The molecule has 0 bridgehead atoms. The van der Waals surface area contributed by atoms with Gasteiger partial charge in [0.15, 0.2) is 5.13 Å². The third-order valence-corrected chi connectivity index (χ3v) is 4.47. The normalized spacial score (nSPS) is 11.4. The van der Waals surface area contributed by atoms with Crippen molar-refractivity contribution in [1.29, 1.82) is 0 Å². The summed E-state index contributed by atoms with van der Waals surface area (Å²) >= 11 is 1.23. The van der Waals surface area contributed by atoms with Crippen molar-refractivity contribution in [2.24, 2.45) is 0 Å². The Morgan fingerprint density at radius 3 is 2.65 bits per heavy atom. The second kappa shape index (κ2) is 4.34. The SMILES string of the molecule is Cc1csc(NS(=O)(=O)c2ccccc2N)n1. The summed E-state index contributed by atoms with van der Waals surface area (Å²) in [6.07, 6.45) is 0. The number of aryl methyl sites for hydroxylation is 1. The molecule has 3 N–H and O–H groups in total. The van der Waals surface area contributed by atoms with Gasteiger partial charge in [-0.1, -0.05) is 12.1 Å². The van der Waals surface area contributed by atoms with E-state index in [1.165, 1.54) is 17.4 Å². The van der Waals surface area contributed by atoms with Crippen molar-refractivity contribution in [2.45, 2.75) is 11.8 Å². The molecule has 0 spiro atoms. The first-order valence-electron chi connectivity index (χ1n) is 4.78. The van der Waals surface area contributed by atoms with Crippen molar-refractivity contribution in [3.8, 4) is 0 Å². The fourth-order valence-corrected chi connectivity index (χ4v) is 3.37. The first-order chi connectivity index (χ1) is 7.99. The Labute approximate surface area is 103 Å². The maximum absolute atomic E-state index is 12.0. The van der Waals surface area contributed by atoms with E-state index in [9.17, 15) is 8.42 Å². The second-order valence-electron chi connectivity index (χ2n) is 3.44. The minimum Gasteiger partial charge on any atom is -0.398 e. The van der Waals surface area contributed by atoms with Crippen LogP contribution in [-0.2, 0) is 10.0 Å². The number of nitrogen functional groups attached to an aromatic ring is 1. The summed E-state index contributed by atoms with van der Waals surface area (Å²) in [6, 6.07) is 6.31. The topological polar surface area (TPSA) is 85.1 Å². The molecule has 0 aliphatic carbocycles. The summed E-state index contributed by atoms with van der Waals surface area (Å²) in [6.45, 7) is 1.80. The highest BCUT2D eigenvalue weighted by Gasteiger charge is 2.18. The van der Waals surface area contributed by atoms with Crippen LogP contribution in [0.1, 0.15) is 5.69 Å². The van der Waals surface area contributed by atoms with Gasteiger partial charge in [0.25, 0.3) is 10.0 Å². The summed E-state index contributed by atoms with van der Waals surface area (Å²) in [5.74, 6) is 0. The lowest BCUT2D eigenvalue weighted by molar-refractivity contribution is 0.601. The number of hydrogen-bond donors (Lipinski definition) is 2. The Hall–Kier alpha value is -1.60. The Morgan fingerprint density at radius 1 is 1.35 bits per heavy atom. The van der Waals surface area contributed by atoms with Gasteiger partial charge in [-0.2, -0.15) is 0 Å². The van der Waals surface area contributed by atoms with E-state index >= 15 is 0 Å². The van der Waals surface area contributed by atoms with Crippen molar-refractivity contribution in [1.82, 2.24) is 4.98 Å². The van der Waals surface area contributed by atoms with E-state index in [0.29, 0.717) is 5.13 Å². The molecular weight excluding hydrogens is 258 g/mol. The lowest BCUT2D eigenvalue weighted by Crippen LogP contribution is -2.14. The zero-order valence-electron chi connectivity index (χ0n) is 9.04. The number of nitrogens with two attached hydrogens (primary N) is 1. The van der Waals surface area contributed by atoms with Gasteiger partial charge < -0.3 is 5.73 Å². The van der Waals surface area contributed by atoms with Crippen molar-refractivity contribution < 1.29 is 8.42 Å². The van der Waals surface area contributed by atoms with Gasteiger partial charge in [0, 0.05) is 5.38 Å². The molecule has 0 aliphatic heterocycles. The standard InChI is InChI=1S/C10H11N3O2S2/c1-7-6-16-10(12-7)13-17(14,15)9-5-3-2-4-8(9)11/h2-6H,11H2,1H3,(H,12,13). The predicted molar refractivity (Wildman–Crippen MR) is 68.5 cm³/mol. The number of rotatable bonds is 3. The van der Waals surface area contributed by atoms with Crippen LogP contribution in [0, 0.1) is 6.92 Å². The fraction of sp³-hybridized carbons (Fsp3) is 0.100. The third-order valence-electron chi connectivity index (χ3n) is 2.05. The van der Waals surface area contributed by atoms with Gasteiger partial charge in [-0.15, -0.1) is 11.3 Å². The molecule has 0 fully saturated rings. The molecule has 7 heteroatoms. The van der Waals surface area contributed by atoms with Crippen LogP contribution in [0.5, 0.6) is 0 Å². The average Bonchev–Trinajstić information content (AvgIpc) is 2.63. The lowest BCUT2D eigenvalue weighted by Gasteiger charge is -2.07. The monoisotopic (exact) mass is 269 g/mol. The van der Waals surface area contributed by atoms with Crippen LogP contribution in [0.2, 0.25) is 0 Å². The van der Waals surface area contributed by atoms with Crippen LogP contribution in [-0.4, -0.2) is 13.4 Å². The van der Waals surface area contributed by atoms with Gasteiger partial charge in [0.2, 0.25) is 0 Å². The van der Waals surface area contributed by atoms with E-state index in [2.05, 4.69) is 9.71 Å². The summed E-state index contributed by atoms with van der Waals surface area (Å²) in [7, 11) is -3.66. The largest absolute Gasteiger partial charge is 0.398 e. The third kappa shape index (κ3) is 2.56. The highest BCUT2D eigenvalue weighted by Crippen LogP contribution is 2.22. The van der Waals surface area contributed by atoms with E-state index in [4.69, 9.17) is 5.73 Å². The van der Waals surface area contributed by atoms with Gasteiger partial charge in [-0.25, -0.2) is 13.4 Å². The van der Waals surface area contributed by atoms with Crippen LogP contribution in [0.4, 0.5) is 10.8 Å². The van der Waals surface area contributed by atoms with Crippen LogP contribution in [0.15, 0.2) is 34.5 Å². The molecule has 0 radical (unpaired) electrons. The molecule has 90 valence electrons. The lowest BCUT2D eigenvalue weighted by atomic mass is 10.3. The Morgan fingerprint density at radius 2 is 2.06 bits per heavy atom. The Balaban J connectivity index is 2.35. The molecular formula is C10H11N3O2S2. The molecule has 2 aromatic rings. The predicted octanol–water partition coefficient (Wildman–Crippen LogP) is 1.83. The van der Waals surface area contributed by atoms with E-state index in [0.717, 1.165) is 5.69 Å². The number of thiazole rings is 1. The fourth-order valence-electron chi connectivity index (χ4n) is 1.30. The summed E-state index contributed by atoms with van der Waals surface area (Å²) in [4.78, 5) is 4.10. The number of nitrogens with zero attached hydrogens (tertiary/aromatic N) is 1. The molecule has 0 saturated heterocycles. The molecule has 0 amide bonds. The maximum atomic E-state index is 12.0. The van der Waals surface area contributed by atoms with Crippen molar-refractivity contribution >= 4 is 32.2 Å². The zero-order chi connectivity index (χ0) is 12.5. The number of hydrogen-bond acceptors (Lipinski definition) is 5. The van der Waals surface area contributed by atoms with E-state index in [1.54, 1.807) is 30.5 Å². The van der Waals surface area contributed by atoms with Crippen LogP contribution in [0.25, 0.3) is 0 Å². The average molecular weight is 269 g/mol. The number of benzene rings is 1. The molecule has 0 atom stereocenters. The Kier molecular flexibility index (Phi) is 3.03. The Bertz CT molecular complexity index is 635. The van der Waals surface area contributed by atoms with Crippen molar-refractivity contribution in [3.63, 3.8) is 0 Å². The van der Waals surface area contributed by atoms with Gasteiger partial charge >= 0.3 is 0 Å². The molecule has 0 aliphatic rings. The minimum absolute atomic E-state index is 0.0628. The van der Waals surface area contributed by atoms with Crippen molar-refractivity contribution in [2.75, 3.05) is 10.5 Å². The van der Waals surface area contributed by atoms with Gasteiger partial charge in [-0.05, 0) is 19.1 Å². The van der Waals surface area contributed by atoms with E-state index < -0.39 is 10.0 Å². The number of nitrogens with one attached hydrogen (secondary N) is 1. The number of para-hydroxylation sites is 1. The first kappa shape index (κ1) is 11.9. The molecule has 17 heavy (non-hydrogen) atoms. The van der Waals surface area contributed by atoms with Gasteiger partial charge in [0.1, 0.15) is 4.90 Å². The summed E-state index contributed by atoms with van der Waals surface area (Å²) in [5, 5.41) is 2.11. The number of anilines is 2. The highest BCUT2D eigenvalue weighted by molar-refractivity contribution is 7.93. The molecule has 1 heterocycles. The van der Waals surface area contributed by atoms with Gasteiger partial charge in [-0.3, -0.25) is 4.72 Å². The van der Waals surface area contributed by atoms with E-state index in [1.807, 2.05) is 0 Å². The molecule has 0 unspecified atom stereocenters. The molecule has 0 saturated carbocycles. The number of aromatic nitrogens is 1. The molecule has 1 aromatic carbocycles. The highest BCUT2D eigenvalue weighted by atomic mass is 32.2. The first-order valence-corrected chi connectivity index (χ1v) is 7.15. The summed E-state index contributed by atoms with van der Waals surface area (Å²) < 4.78 is 26.4. The minimum atomic E-state index is -3.66.